The zero-order chi connectivity index (χ0) is 14.8. The summed E-state index contributed by atoms with van der Waals surface area (Å²) in [5.41, 5.74) is 0.346. The molecule has 0 radical (unpaired) electrons. The van der Waals surface area contributed by atoms with Crippen LogP contribution >= 0.6 is 0 Å². The molecule has 19 heavy (non-hydrogen) atoms. The number of aromatic hydroxyl groups is 2. The number of rotatable bonds is 3. The number of hydrogen-bond acceptors (Lipinski definition) is 5. The monoisotopic (exact) mass is 268 g/mol. The molecule has 0 fully saturated rings. The number of esters is 1. The maximum atomic E-state index is 11.5. The maximum absolute atomic E-state index is 11.5. The van der Waals surface area contributed by atoms with Crippen LogP contribution in [-0.4, -0.2) is 27.9 Å². The number of benzene rings is 1. The van der Waals surface area contributed by atoms with Crippen molar-refractivity contribution in [2.24, 2.45) is 0 Å². The fourth-order valence-electron chi connectivity index (χ4n) is 1.63. The standard InChI is InChI=1S/C14H20O5/c1-5-19-13(18)12(17)9-6-8(14(2,3)4)7-10(15)11(9)16/h6-7,12,15-17H,5H2,1-4H3. The van der Waals surface area contributed by atoms with Crippen molar-refractivity contribution in [3.8, 4) is 11.5 Å². The van der Waals surface area contributed by atoms with Crippen molar-refractivity contribution in [2.45, 2.75) is 39.2 Å². The SMILES string of the molecule is CCOC(=O)C(O)c1cc(C(C)(C)C)cc(O)c1O. The topological polar surface area (TPSA) is 87.0 Å². The maximum Gasteiger partial charge on any atom is 0.339 e. The number of aliphatic hydroxyl groups is 1. The van der Waals surface area contributed by atoms with Crippen molar-refractivity contribution in [3.05, 3.63) is 23.3 Å². The van der Waals surface area contributed by atoms with Gasteiger partial charge in [0.15, 0.2) is 17.6 Å². The minimum atomic E-state index is -1.62. The molecule has 3 N–H and O–H groups in total. The average molecular weight is 268 g/mol. The van der Waals surface area contributed by atoms with Crippen LogP contribution in [0.2, 0.25) is 0 Å². The molecule has 1 aromatic rings. The number of carbonyl (C=O) groups excluding carboxylic acids is 1. The van der Waals surface area contributed by atoms with Crippen molar-refractivity contribution < 1.29 is 24.9 Å². The second kappa shape index (κ2) is 5.48. The Balaban J connectivity index is 3.27. The molecule has 0 heterocycles. The third kappa shape index (κ3) is 3.38. The molecule has 1 atom stereocenters. The molecule has 0 spiro atoms. The van der Waals surface area contributed by atoms with Gasteiger partial charge in [-0.25, -0.2) is 4.79 Å². The first kappa shape index (κ1) is 15.3. The van der Waals surface area contributed by atoms with E-state index in [4.69, 9.17) is 4.74 Å². The summed E-state index contributed by atoms with van der Waals surface area (Å²) in [6, 6.07) is 2.91. The first-order valence-electron chi connectivity index (χ1n) is 6.09. The van der Waals surface area contributed by atoms with Crippen molar-refractivity contribution >= 4 is 5.97 Å². The molecule has 106 valence electrons. The summed E-state index contributed by atoms with van der Waals surface area (Å²) < 4.78 is 4.70. The number of ether oxygens (including phenoxy) is 1. The first-order valence-corrected chi connectivity index (χ1v) is 6.09. The predicted molar refractivity (Wildman–Crippen MR) is 70.1 cm³/mol. The molecule has 0 aliphatic rings. The van der Waals surface area contributed by atoms with Crippen LogP contribution in [0.3, 0.4) is 0 Å². The molecule has 0 bridgehead atoms. The predicted octanol–water partition coefficient (Wildman–Crippen LogP) is 1.99. The summed E-state index contributed by atoms with van der Waals surface area (Å²) in [5.74, 6) is -1.73. The zero-order valence-electron chi connectivity index (χ0n) is 11.6. The van der Waals surface area contributed by atoms with E-state index in [2.05, 4.69) is 0 Å². The van der Waals surface area contributed by atoms with Gasteiger partial charge < -0.3 is 20.1 Å². The molecule has 5 nitrogen and oxygen atoms in total. The molecule has 1 aromatic carbocycles. The van der Waals surface area contributed by atoms with Gasteiger partial charge in [0.25, 0.3) is 0 Å². The summed E-state index contributed by atoms with van der Waals surface area (Å²) >= 11 is 0. The molecular formula is C14H20O5. The van der Waals surface area contributed by atoms with Gasteiger partial charge in [0.05, 0.1) is 6.61 Å². The number of phenols is 2. The highest BCUT2D eigenvalue weighted by Gasteiger charge is 2.26. The summed E-state index contributed by atoms with van der Waals surface area (Å²) in [7, 11) is 0. The van der Waals surface area contributed by atoms with Gasteiger partial charge in [0, 0.05) is 5.56 Å². The Morgan fingerprint density at radius 2 is 1.89 bits per heavy atom. The van der Waals surface area contributed by atoms with E-state index in [1.165, 1.54) is 12.1 Å². The molecule has 0 saturated heterocycles. The molecule has 0 amide bonds. The molecule has 0 aromatic heterocycles. The average Bonchev–Trinajstić information content (AvgIpc) is 2.30. The van der Waals surface area contributed by atoms with Gasteiger partial charge in [-0.15, -0.1) is 0 Å². The Morgan fingerprint density at radius 3 is 2.37 bits per heavy atom. The van der Waals surface area contributed by atoms with Crippen molar-refractivity contribution in [1.29, 1.82) is 0 Å². The number of phenolic OH excluding ortho intramolecular Hbond substituents is 2. The Morgan fingerprint density at radius 1 is 1.32 bits per heavy atom. The Kier molecular flexibility index (Phi) is 4.42. The van der Waals surface area contributed by atoms with Crippen LogP contribution in [0.25, 0.3) is 0 Å². The minimum absolute atomic E-state index is 0.0524. The fourth-order valence-corrected chi connectivity index (χ4v) is 1.63. The molecule has 0 aliphatic carbocycles. The van der Waals surface area contributed by atoms with Crippen molar-refractivity contribution in [3.63, 3.8) is 0 Å². The quantitative estimate of drug-likeness (QED) is 0.576. The van der Waals surface area contributed by atoms with E-state index in [0.29, 0.717) is 5.56 Å². The lowest BCUT2D eigenvalue weighted by molar-refractivity contribution is -0.153. The highest BCUT2D eigenvalue weighted by Crippen LogP contribution is 2.38. The highest BCUT2D eigenvalue weighted by atomic mass is 16.5. The molecular weight excluding hydrogens is 248 g/mol. The third-order valence-corrected chi connectivity index (χ3v) is 2.79. The van der Waals surface area contributed by atoms with Gasteiger partial charge in [-0.3, -0.25) is 0 Å². The van der Waals surface area contributed by atoms with Gasteiger partial charge >= 0.3 is 5.97 Å². The fraction of sp³-hybridized carbons (Fsp3) is 0.500. The summed E-state index contributed by atoms with van der Waals surface area (Å²) in [4.78, 5) is 11.5. The van der Waals surface area contributed by atoms with Crippen LogP contribution in [0.1, 0.15) is 44.9 Å². The second-order valence-electron chi connectivity index (χ2n) is 5.34. The van der Waals surface area contributed by atoms with E-state index < -0.39 is 17.8 Å². The third-order valence-electron chi connectivity index (χ3n) is 2.79. The minimum Gasteiger partial charge on any atom is -0.504 e. The van der Waals surface area contributed by atoms with E-state index >= 15 is 0 Å². The molecule has 1 unspecified atom stereocenters. The van der Waals surface area contributed by atoms with Crippen LogP contribution in [0, 0.1) is 0 Å². The van der Waals surface area contributed by atoms with Gasteiger partial charge in [0.2, 0.25) is 0 Å². The Labute approximate surface area is 112 Å². The van der Waals surface area contributed by atoms with Crippen LogP contribution < -0.4 is 0 Å². The number of aliphatic hydroxyl groups excluding tert-OH is 1. The lowest BCUT2D eigenvalue weighted by Crippen LogP contribution is -2.17. The van der Waals surface area contributed by atoms with Crippen LogP contribution in [0.4, 0.5) is 0 Å². The van der Waals surface area contributed by atoms with E-state index in [1.807, 2.05) is 20.8 Å². The second-order valence-corrected chi connectivity index (χ2v) is 5.34. The highest BCUT2D eigenvalue weighted by molar-refractivity contribution is 5.78. The van der Waals surface area contributed by atoms with Crippen molar-refractivity contribution in [1.82, 2.24) is 0 Å². The van der Waals surface area contributed by atoms with E-state index in [9.17, 15) is 20.1 Å². The smallest absolute Gasteiger partial charge is 0.339 e. The van der Waals surface area contributed by atoms with E-state index in [1.54, 1.807) is 6.92 Å². The lowest BCUT2D eigenvalue weighted by atomic mass is 9.85. The van der Waals surface area contributed by atoms with Crippen molar-refractivity contribution in [2.75, 3.05) is 6.61 Å². The summed E-state index contributed by atoms with van der Waals surface area (Å²) in [6.07, 6.45) is -1.62. The lowest BCUT2D eigenvalue weighted by Gasteiger charge is -2.22. The van der Waals surface area contributed by atoms with Crippen LogP contribution in [-0.2, 0) is 14.9 Å². The normalized spacial score (nSPS) is 13.1. The summed E-state index contributed by atoms with van der Waals surface area (Å²) in [5, 5.41) is 29.3. The Hall–Kier alpha value is -1.75. The van der Waals surface area contributed by atoms with Gasteiger partial charge in [-0.1, -0.05) is 20.8 Å². The first-order chi connectivity index (χ1) is 8.68. The van der Waals surface area contributed by atoms with E-state index in [-0.39, 0.29) is 23.3 Å². The van der Waals surface area contributed by atoms with Gasteiger partial charge in [-0.05, 0) is 30.0 Å². The number of carbonyl (C=O) groups is 1. The molecule has 0 aliphatic heterocycles. The van der Waals surface area contributed by atoms with Gasteiger partial charge in [0.1, 0.15) is 0 Å². The number of hydrogen-bond donors (Lipinski definition) is 3. The zero-order valence-corrected chi connectivity index (χ0v) is 11.6. The van der Waals surface area contributed by atoms with Crippen LogP contribution in [0.5, 0.6) is 11.5 Å². The Bertz CT molecular complexity index is 473. The van der Waals surface area contributed by atoms with E-state index in [0.717, 1.165) is 0 Å². The largest absolute Gasteiger partial charge is 0.504 e. The van der Waals surface area contributed by atoms with Crippen LogP contribution in [0.15, 0.2) is 12.1 Å². The van der Waals surface area contributed by atoms with Gasteiger partial charge in [-0.2, -0.15) is 0 Å². The molecule has 5 heteroatoms. The summed E-state index contributed by atoms with van der Waals surface area (Å²) in [6.45, 7) is 7.49. The molecule has 0 saturated carbocycles. The molecule has 1 rings (SSSR count).